The van der Waals surface area contributed by atoms with E-state index in [1.807, 2.05) is 13.8 Å². The average Bonchev–Trinajstić information content (AvgIpc) is 2.12. The van der Waals surface area contributed by atoms with E-state index in [2.05, 4.69) is 22.3 Å². The van der Waals surface area contributed by atoms with Crippen LogP contribution in [0.4, 0.5) is 0 Å². The summed E-state index contributed by atoms with van der Waals surface area (Å²) >= 11 is 0. The first-order valence-corrected chi connectivity index (χ1v) is 4.41. The molecule has 4 nitrogen and oxygen atoms in total. The molecule has 0 radical (unpaired) electrons. The van der Waals surface area contributed by atoms with E-state index in [0.29, 0.717) is 12.3 Å². The molecule has 0 saturated carbocycles. The zero-order valence-electron chi connectivity index (χ0n) is 8.85. The van der Waals surface area contributed by atoms with Gasteiger partial charge in [0.15, 0.2) is 5.66 Å². The second kappa shape index (κ2) is 4.97. The van der Waals surface area contributed by atoms with Crippen molar-refractivity contribution < 1.29 is 4.79 Å². The molecule has 0 spiro atoms. The Morgan fingerprint density at radius 2 is 2.08 bits per heavy atom. The summed E-state index contributed by atoms with van der Waals surface area (Å²) in [6, 6.07) is 0. The lowest BCUT2D eigenvalue weighted by atomic mass is 9.97. The van der Waals surface area contributed by atoms with Crippen LogP contribution in [0.2, 0.25) is 0 Å². The zero-order chi connectivity index (χ0) is 10.5. The average molecular weight is 185 g/mol. The highest BCUT2D eigenvalue weighted by Crippen LogP contribution is 2.17. The Kier molecular flexibility index (Phi) is 4.62. The molecule has 1 amide bonds. The summed E-state index contributed by atoms with van der Waals surface area (Å²) in [6.45, 7) is 7.54. The number of aliphatic imine (C=N–C) groups is 1. The third kappa shape index (κ3) is 2.81. The molecule has 1 atom stereocenters. The maximum Gasteiger partial charge on any atom is 0.262 e. The van der Waals surface area contributed by atoms with Gasteiger partial charge in [0, 0.05) is 7.05 Å². The molecule has 0 aromatic rings. The standard InChI is InChI=1S/C9H19N3O/c1-7(2)6-9(11-4,12-5)8(13)10-3/h7,12H,4,6H2,1-3,5H3,(H,10,13)/t9-/m0/s1. The fourth-order valence-electron chi connectivity index (χ4n) is 1.32. The quantitative estimate of drug-likeness (QED) is 0.609. The van der Waals surface area contributed by atoms with Gasteiger partial charge in [0.25, 0.3) is 5.91 Å². The molecule has 0 aromatic carbocycles. The number of likely N-dealkylation sites (N-methyl/N-ethyl adjacent to an activating group) is 2. The summed E-state index contributed by atoms with van der Waals surface area (Å²) in [5, 5.41) is 5.48. The molecule has 0 aliphatic rings. The molecule has 0 bridgehead atoms. The number of carbonyl (C=O) groups excluding carboxylic acids is 1. The Morgan fingerprint density at radius 1 is 1.54 bits per heavy atom. The van der Waals surface area contributed by atoms with E-state index in [-0.39, 0.29) is 5.91 Å². The first-order chi connectivity index (χ1) is 6.02. The lowest BCUT2D eigenvalue weighted by molar-refractivity contribution is -0.127. The van der Waals surface area contributed by atoms with E-state index in [0.717, 1.165) is 0 Å². The highest BCUT2D eigenvalue weighted by Gasteiger charge is 2.35. The van der Waals surface area contributed by atoms with Crippen molar-refractivity contribution in [2.45, 2.75) is 25.9 Å². The minimum Gasteiger partial charge on any atom is -0.356 e. The SMILES string of the molecule is C=N[C@@](CC(C)C)(NC)C(=O)NC. The van der Waals surface area contributed by atoms with Crippen LogP contribution in [-0.4, -0.2) is 32.4 Å². The Bertz CT molecular complexity index is 191. The van der Waals surface area contributed by atoms with Crippen LogP contribution in [-0.2, 0) is 4.79 Å². The second-order valence-corrected chi connectivity index (χ2v) is 3.45. The molecular formula is C9H19N3O. The van der Waals surface area contributed by atoms with Crippen LogP contribution in [0, 0.1) is 5.92 Å². The molecule has 0 rings (SSSR count). The van der Waals surface area contributed by atoms with Crippen LogP contribution in [0.25, 0.3) is 0 Å². The molecule has 0 unspecified atom stereocenters. The topological polar surface area (TPSA) is 53.5 Å². The zero-order valence-corrected chi connectivity index (χ0v) is 8.85. The molecule has 0 aromatic heterocycles. The van der Waals surface area contributed by atoms with Crippen molar-refractivity contribution in [2.75, 3.05) is 14.1 Å². The van der Waals surface area contributed by atoms with Gasteiger partial charge in [0.05, 0.1) is 0 Å². The molecular weight excluding hydrogens is 166 g/mol. The number of amides is 1. The number of hydrogen-bond acceptors (Lipinski definition) is 3. The van der Waals surface area contributed by atoms with Crippen LogP contribution in [0.1, 0.15) is 20.3 Å². The first-order valence-electron chi connectivity index (χ1n) is 4.41. The summed E-state index contributed by atoms with van der Waals surface area (Å²) in [4.78, 5) is 15.4. The first kappa shape index (κ1) is 12.1. The highest BCUT2D eigenvalue weighted by atomic mass is 16.2. The van der Waals surface area contributed by atoms with Crippen molar-refractivity contribution in [2.24, 2.45) is 10.9 Å². The summed E-state index contributed by atoms with van der Waals surface area (Å²) < 4.78 is 0. The Labute approximate surface area is 79.8 Å². The van der Waals surface area contributed by atoms with Gasteiger partial charge in [-0.15, -0.1) is 0 Å². The summed E-state index contributed by atoms with van der Waals surface area (Å²) in [5.41, 5.74) is -0.872. The molecule has 0 heterocycles. The van der Waals surface area contributed by atoms with Crippen molar-refractivity contribution in [3.63, 3.8) is 0 Å². The van der Waals surface area contributed by atoms with E-state index in [9.17, 15) is 4.79 Å². The minimum atomic E-state index is -0.872. The minimum absolute atomic E-state index is 0.140. The van der Waals surface area contributed by atoms with Gasteiger partial charge < -0.3 is 5.32 Å². The normalized spacial score (nSPS) is 15.2. The van der Waals surface area contributed by atoms with E-state index in [1.54, 1.807) is 14.1 Å². The monoisotopic (exact) mass is 185 g/mol. The molecule has 2 N–H and O–H groups in total. The van der Waals surface area contributed by atoms with E-state index < -0.39 is 5.66 Å². The van der Waals surface area contributed by atoms with Crippen molar-refractivity contribution in [1.82, 2.24) is 10.6 Å². The lowest BCUT2D eigenvalue weighted by Crippen LogP contribution is -2.54. The van der Waals surface area contributed by atoms with Crippen LogP contribution in [0.5, 0.6) is 0 Å². The van der Waals surface area contributed by atoms with Gasteiger partial charge in [-0.2, -0.15) is 0 Å². The van der Waals surface area contributed by atoms with Crippen molar-refractivity contribution >= 4 is 12.6 Å². The third-order valence-corrected chi connectivity index (χ3v) is 1.99. The molecule has 76 valence electrons. The van der Waals surface area contributed by atoms with Crippen LogP contribution in [0.15, 0.2) is 4.99 Å². The van der Waals surface area contributed by atoms with E-state index >= 15 is 0 Å². The highest BCUT2D eigenvalue weighted by molar-refractivity contribution is 5.86. The smallest absolute Gasteiger partial charge is 0.262 e. The number of nitrogens with zero attached hydrogens (tertiary/aromatic N) is 1. The van der Waals surface area contributed by atoms with Crippen LogP contribution < -0.4 is 10.6 Å². The molecule has 0 saturated heterocycles. The van der Waals surface area contributed by atoms with Crippen molar-refractivity contribution in [3.05, 3.63) is 0 Å². The molecule has 0 aliphatic heterocycles. The molecule has 13 heavy (non-hydrogen) atoms. The molecule has 0 fully saturated rings. The maximum absolute atomic E-state index is 11.5. The summed E-state index contributed by atoms with van der Waals surface area (Å²) in [7, 11) is 3.31. The number of nitrogens with one attached hydrogen (secondary N) is 2. The van der Waals surface area contributed by atoms with E-state index in [4.69, 9.17) is 0 Å². The van der Waals surface area contributed by atoms with Crippen LogP contribution >= 0.6 is 0 Å². The van der Waals surface area contributed by atoms with Crippen molar-refractivity contribution in [1.29, 1.82) is 0 Å². The number of rotatable bonds is 5. The van der Waals surface area contributed by atoms with Gasteiger partial charge in [-0.1, -0.05) is 13.8 Å². The number of hydrogen-bond donors (Lipinski definition) is 2. The number of carbonyl (C=O) groups is 1. The maximum atomic E-state index is 11.5. The van der Waals surface area contributed by atoms with Gasteiger partial charge in [-0.3, -0.25) is 15.1 Å². The van der Waals surface area contributed by atoms with Gasteiger partial charge in [-0.05, 0) is 26.1 Å². The van der Waals surface area contributed by atoms with Crippen LogP contribution in [0.3, 0.4) is 0 Å². The molecule has 4 heteroatoms. The summed E-state index contributed by atoms with van der Waals surface area (Å²) in [6.07, 6.45) is 0.646. The Hall–Kier alpha value is -0.900. The van der Waals surface area contributed by atoms with E-state index in [1.165, 1.54) is 0 Å². The Balaban J connectivity index is 4.68. The van der Waals surface area contributed by atoms with Gasteiger partial charge in [0.1, 0.15) is 0 Å². The third-order valence-electron chi connectivity index (χ3n) is 1.99. The van der Waals surface area contributed by atoms with Gasteiger partial charge in [0.2, 0.25) is 0 Å². The summed E-state index contributed by atoms with van der Waals surface area (Å²) in [5.74, 6) is 0.244. The lowest BCUT2D eigenvalue weighted by Gasteiger charge is -2.28. The van der Waals surface area contributed by atoms with Gasteiger partial charge >= 0.3 is 0 Å². The Morgan fingerprint density at radius 3 is 2.31 bits per heavy atom. The van der Waals surface area contributed by atoms with Gasteiger partial charge in [-0.25, -0.2) is 0 Å². The van der Waals surface area contributed by atoms with Crippen molar-refractivity contribution in [3.8, 4) is 0 Å². The predicted octanol–water partition coefficient (Wildman–Crippen LogP) is 0.395. The fraction of sp³-hybridized carbons (Fsp3) is 0.778. The largest absolute Gasteiger partial charge is 0.356 e. The predicted molar refractivity (Wildman–Crippen MR) is 54.9 cm³/mol. The fourth-order valence-corrected chi connectivity index (χ4v) is 1.32. The molecule has 0 aliphatic carbocycles. The second-order valence-electron chi connectivity index (χ2n) is 3.45.